The van der Waals surface area contributed by atoms with Crippen LogP contribution in [0.5, 0.6) is 0 Å². The molecule has 1 heterocycles. The summed E-state index contributed by atoms with van der Waals surface area (Å²) in [5.41, 5.74) is 0. The summed E-state index contributed by atoms with van der Waals surface area (Å²) in [6.07, 6.45) is 6.83. The molecule has 1 saturated carbocycles. The van der Waals surface area contributed by atoms with E-state index in [1.54, 1.807) is 6.20 Å². The quantitative estimate of drug-likeness (QED) is 0.771. The summed E-state index contributed by atoms with van der Waals surface area (Å²) >= 11 is 9.61. The third kappa shape index (κ3) is 2.69. The van der Waals surface area contributed by atoms with E-state index < -0.39 is 0 Å². The molecule has 0 spiro atoms. The second-order valence-corrected chi connectivity index (χ2v) is 5.93. The Bertz CT molecular complexity index is 341. The Morgan fingerprint density at radius 3 is 2.75 bits per heavy atom. The summed E-state index contributed by atoms with van der Waals surface area (Å²) in [4.78, 5) is 7.19. The molecule has 0 amide bonds. The van der Waals surface area contributed by atoms with Crippen LogP contribution < -0.4 is 4.90 Å². The number of halogens is 2. The van der Waals surface area contributed by atoms with Crippen LogP contribution in [0.1, 0.15) is 25.7 Å². The molecule has 1 aliphatic carbocycles. The van der Waals surface area contributed by atoms with Crippen LogP contribution >= 0.6 is 27.5 Å². The van der Waals surface area contributed by atoms with E-state index in [2.05, 4.69) is 32.9 Å². The molecule has 0 saturated heterocycles. The van der Waals surface area contributed by atoms with Gasteiger partial charge in [0, 0.05) is 24.1 Å². The zero-order chi connectivity index (χ0) is 11.5. The molecule has 1 aliphatic rings. The highest BCUT2D eigenvalue weighted by Crippen LogP contribution is 2.30. The molecule has 4 heteroatoms. The molecule has 1 aromatic heterocycles. The summed E-state index contributed by atoms with van der Waals surface area (Å²) in [5, 5.41) is 0.691. The molecule has 0 radical (unpaired) electrons. The summed E-state index contributed by atoms with van der Waals surface area (Å²) in [6, 6.07) is 4.42. The molecule has 2 unspecified atom stereocenters. The Labute approximate surface area is 110 Å². The van der Waals surface area contributed by atoms with Gasteiger partial charge in [0.15, 0.2) is 0 Å². The molecule has 1 fully saturated rings. The van der Waals surface area contributed by atoms with Crippen LogP contribution in [0, 0.1) is 0 Å². The monoisotopic (exact) mass is 302 g/mol. The largest absolute Gasteiger partial charge is 0.356 e. The van der Waals surface area contributed by atoms with Crippen molar-refractivity contribution in [1.82, 2.24) is 4.98 Å². The molecule has 16 heavy (non-hydrogen) atoms. The zero-order valence-electron chi connectivity index (χ0n) is 9.37. The molecular formula is C12H16BrClN2. The first kappa shape index (κ1) is 12.2. The first-order valence-corrected chi connectivity index (χ1v) is 6.96. The Hall–Kier alpha value is -0.280. The van der Waals surface area contributed by atoms with E-state index in [9.17, 15) is 0 Å². The molecule has 1 aromatic rings. The number of nitrogens with zero attached hydrogens (tertiary/aromatic N) is 2. The predicted molar refractivity (Wildman–Crippen MR) is 72.6 cm³/mol. The van der Waals surface area contributed by atoms with Crippen molar-refractivity contribution >= 4 is 33.3 Å². The molecule has 0 aromatic carbocycles. The van der Waals surface area contributed by atoms with Crippen molar-refractivity contribution in [3.8, 4) is 0 Å². The lowest BCUT2D eigenvalue weighted by molar-refractivity contribution is 0.442. The van der Waals surface area contributed by atoms with E-state index in [1.165, 1.54) is 25.7 Å². The number of hydrogen-bond acceptors (Lipinski definition) is 2. The molecule has 0 aliphatic heterocycles. The highest BCUT2D eigenvalue weighted by atomic mass is 79.9. The third-order valence-corrected chi connectivity index (χ3v) is 4.51. The lowest BCUT2D eigenvalue weighted by Crippen LogP contribution is -2.41. The van der Waals surface area contributed by atoms with E-state index in [1.807, 2.05) is 12.1 Å². The van der Waals surface area contributed by atoms with Gasteiger partial charge in [-0.3, -0.25) is 0 Å². The fourth-order valence-corrected chi connectivity index (χ4v) is 3.30. The molecule has 0 bridgehead atoms. The van der Waals surface area contributed by atoms with E-state index in [-0.39, 0.29) is 0 Å². The first-order chi connectivity index (χ1) is 7.68. The molecular weight excluding hydrogens is 288 g/mol. The normalized spacial score (nSPS) is 25.4. The van der Waals surface area contributed by atoms with Crippen molar-refractivity contribution < 1.29 is 0 Å². The zero-order valence-corrected chi connectivity index (χ0v) is 11.7. The van der Waals surface area contributed by atoms with Gasteiger partial charge >= 0.3 is 0 Å². The van der Waals surface area contributed by atoms with Crippen molar-refractivity contribution in [2.45, 2.75) is 36.6 Å². The van der Waals surface area contributed by atoms with Crippen LogP contribution in [0.2, 0.25) is 5.02 Å². The second kappa shape index (κ2) is 5.37. The average molecular weight is 304 g/mol. The van der Waals surface area contributed by atoms with Gasteiger partial charge in [0.1, 0.15) is 5.82 Å². The van der Waals surface area contributed by atoms with Gasteiger partial charge in [-0.15, -0.1) is 0 Å². The maximum Gasteiger partial charge on any atom is 0.128 e. The Balaban J connectivity index is 2.11. The number of pyridine rings is 1. The van der Waals surface area contributed by atoms with Gasteiger partial charge in [-0.05, 0) is 25.0 Å². The highest BCUT2D eigenvalue weighted by Gasteiger charge is 2.26. The molecule has 2 nitrogen and oxygen atoms in total. The van der Waals surface area contributed by atoms with Gasteiger partial charge in [0.05, 0.1) is 5.02 Å². The molecule has 88 valence electrons. The van der Waals surface area contributed by atoms with Crippen molar-refractivity contribution in [3.63, 3.8) is 0 Å². The number of alkyl halides is 1. The summed E-state index contributed by atoms with van der Waals surface area (Å²) in [7, 11) is 2.11. The molecule has 0 N–H and O–H groups in total. The van der Waals surface area contributed by atoms with Gasteiger partial charge in [-0.1, -0.05) is 40.4 Å². The summed E-state index contributed by atoms with van der Waals surface area (Å²) in [6.45, 7) is 0. The number of hydrogen-bond donors (Lipinski definition) is 0. The van der Waals surface area contributed by atoms with Crippen molar-refractivity contribution in [2.75, 3.05) is 11.9 Å². The van der Waals surface area contributed by atoms with E-state index >= 15 is 0 Å². The fourth-order valence-electron chi connectivity index (χ4n) is 2.25. The van der Waals surface area contributed by atoms with Crippen molar-refractivity contribution in [2.24, 2.45) is 0 Å². The minimum absolute atomic E-state index is 0.544. The number of aromatic nitrogens is 1. The van der Waals surface area contributed by atoms with Gasteiger partial charge in [-0.2, -0.15) is 0 Å². The first-order valence-electron chi connectivity index (χ1n) is 5.67. The topological polar surface area (TPSA) is 16.1 Å². The number of rotatable bonds is 2. The van der Waals surface area contributed by atoms with Crippen LogP contribution in [0.3, 0.4) is 0 Å². The molecule has 2 atom stereocenters. The van der Waals surface area contributed by atoms with Crippen molar-refractivity contribution in [3.05, 3.63) is 23.4 Å². The van der Waals surface area contributed by atoms with Crippen LogP contribution in [0.25, 0.3) is 0 Å². The lowest BCUT2D eigenvalue weighted by Gasteiger charge is -2.35. The Morgan fingerprint density at radius 2 is 2.12 bits per heavy atom. The maximum absolute atomic E-state index is 5.84. The van der Waals surface area contributed by atoms with Gasteiger partial charge < -0.3 is 4.90 Å². The van der Waals surface area contributed by atoms with E-state index in [4.69, 9.17) is 11.6 Å². The van der Waals surface area contributed by atoms with Crippen LogP contribution in [-0.2, 0) is 0 Å². The van der Waals surface area contributed by atoms with Crippen molar-refractivity contribution in [1.29, 1.82) is 0 Å². The van der Waals surface area contributed by atoms with E-state index in [0.29, 0.717) is 15.9 Å². The standard InChI is InChI=1S/C12H16BrClN2/c1-16(11-5-3-2-4-10(11)13)12-7-6-9(14)8-15-12/h6-8,10-11H,2-5H2,1H3. The predicted octanol–water partition coefficient (Wildman–Crippen LogP) is 3.88. The third-order valence-electron chi connectivity index (χ3n) is 3.22. The Kier molecular flexibility index (Phi) is 4.09. The van der Waals surface area contributed by atoms with E-state index in [0.717, 1.165) is 5.82 Å². The van der Waals surface area contributed by atoms with Crippen LogP contribution in [0.15, 0.2) is 18.3 Å². The minimum atomic E-state index is 0.544. The smallest absolute Gasteiger partial charge is 0.128 e. The van der Waals surface area contributed by atoms with Gasteiger partial charge in [-0.25, -0.2) is 4.98 Å². The van der Waals surface area contributed by atoms with Gasteiger partial charge in [0.2, 0.25) is 0 Å². The number of anilines is 1. The second-order valence-electron chi connectivity index (χ2n) is 4.31. The van der Waals surface area contributed by atoms with Crippen LogP contribution in [-0.4, -0.2) is 22.9 Å². The summed E-state index contributed by atoms with van der Waals surface area (Å²) in [5.74, 6) is 1.00. The van der Waals surface area contributed by atoms with Gasteiger partial charge in [0.25, 0.3) is 0 Å². The Morgan fingerprint density at radius 1 is 1.38 bits per heavy atom. The average Bonchev–Trinajstić information content (AvgIpc) is 2.30. The lowest BCUT2D eigenvalue weighted by atomic mass is 9.94. The SMILES string of the molecule is CN(c1ccc(Cl)cn1)C1CCCCC1Br. The minimum Gasteiger partial charge on any atom is -0.356 e. The summed E-state index contributed by atoms with van der Waals surface area (Å²) < 4.78 is 0. The fraction of sp³-hybridized carbons (Fsp3) is 0.583. The molecule has 2 rings (SSSR count). The maximum atomic E-state index is 5.84. The highest BCUT2D eigenvalue weighted by molar-refractivity contribution is 9.09. The van der Waals surface area contributed by atoms with Crippen LogP contribution in [0.4, 0.5) is 5.82 Å².